The lowest BCUT2D eigenvalue weighted by Gasteiger charge is -2.20. The van der Waals surface area contributed by atoms with Crippen molar-refractivity contribution in [2.45, 2.75) is 36.6 Å². The van der Waals surface area contributed by atoms with Crippen molar-refractivity contribution < 1.29 is 31.5 Å². The van der Waals surface area contributed by atoms with Crippen LogP contribution in [0.4, 0.5) is 22.0 Å². The molecular formula is C34H28F5N5O3S. The molecule has 1 amide bonds. The van der Waals surface area contributed by atoms with Gasteiger partial charge in [0, 0.05) is 55.5 Å². The highest BCUT2D eigenvalue weighted by molar-refractivity contribution is 7.98. The van der Waals surface area contributed by atoms with Gasteiger partial charge in [-0.25, -0.2) is 18.7 Å². The standard InChI is InChI=1S/C34H28F5N5O3S/c1-43(17-25-6-5-24(14-29(25)36)23-7-9-27(10-8-23)34(37,38)39)30(45)19-44-18-26(13-22-15-40-32(47-2)41-16-22)31(46)42-33(44)48-20-21-3-11-28(35)12-4-21/h3-12,14-16,18H,13,17,19-20H2,1-2H3. The van der Waals surface area contributed by atoms with Crippen LogP contribution in [0.25, 0.3) is 11.1 Å². The Morgan fingerprint density at radius 3 is 2.21 bits per heavy atom. The summed E-state index contributed by atoms with van der Waals surface area (Å²) < 4.78 is 73.8. The van der Waals surface area contributed by atoms with E-state index in [0.717, 1.165) is 17.7 Å². The van der Waals surface area contributed by atoms with E-state index in [0.29, 0.717) is 22.4 Å². The predicted octanol–water partition coefficient (Wildman–Crippen LogP) is 6.55. The molecule has 2 heterocycles. The Hall–Kier alpha value is -5.11. The summed E-state index contributed by atoms with van der Waals surface area (Å²) in [5.41, 5.74) is 1.37. The highest BCUT2D eigenvalue weighted by atomic mass is 32.2. The molecule has 0 saturated heterocycles. The van der Waals surface area contributed by atoms with Crippen molar-refractivity contribution in [3.8, 4) is 17.1 Å². The molecule has 8 nitrogen and oxygen atoms in total. The lowest BCUT2D eigenvalue weighted by Crippen LogP contribution is -2.31. The molecule has 3 aromatic carbocycles. The fraction of sp³-hybridized carbons (Fsp3) is 0.206. The first-order valence-corrected chi connectivity index (χ1v) is 15.4. The number of halogens is 5. The molecule has 0 bridgehead atoms. The molecule has 48 heavy (non-hydrogen) atoms. The second-order valence-electron chi connectivity index (χ2n) is 10.8. The number of methoxy groups -OCH3 is 1. The summed E-state index contributed by atoms with van der Waals surface area (Å²) in [6.07, 6.45) is 0.231. The Kier molecular flexibility index (Phi) is 10.5. The molecule has 0 unspecified atom stereocenters. The fourth-order valence-electron chi connectivity index (χ4n) is 4.68. The van der Waals surface area contributed by atoms with Crippen molar-refractivity contribution in [2.24, 2.45) is 0 Å². The molecule has 0 aliphatic rings. The molecule has 14 heteroatoms. The van der Waals surface area contributed by atoms with Gasteiger partial charge in [0.2, 0.25) is 5.91 Å². The minimum absolute atomic E-state index is 0.0975. The van der Waals surface area contributed by atoms with Crippen LogP contribution in [0.1, 0.15) is 27.8 Å². The van der Waals surface area contributed by atoms with Crippen molar-refractivity contribution in [1.82, 2.24) is 24.4 Å². The average molecular weight is 682 g/mol. The van der Waals surface area contributed by atoms with Gasteiger partial charge in [-0.05, 0) is 52.6 Å². The number of carbonyl (C=O) groups excluding carboxylic acids is 1. The van der Waals surface area contributed by atoms with Gasteiger partial charge in [0.15, 0.2) is 5.16 Å². The maximum Gasteiger partial charge on any atom is 0.416 e. The van der Waals surface area contributed by atoms with E-state index < -0.39 is 29.0 Å². The van der Waals surface area contributed by atoms with Crippen LogP contribution in [-0.2, 0) is 36.2 Å². The van der Waals surface area contributed by atoms with Gasteiger partial charge in [-0.1, -0.05) is 48.2 Å². The molecule has 5 aromatic rings. The van der Waals surface area contributed by atoms with E-state index in [1.807, 2.05) is 0 Å². The lowest BCUT2D eigenvalue weighted by atomic mass is 10.0. The van der Waals surface area contributed by atoms with Gasteiger partial charge in [0.25, 0.3) is 5.56 Å². The van der Waals surface area contributed by atoms with Crippen LogP contribution < -0.4 is 10.3 Å². The van der Waals surface area contributed by atoms with E-state index in [1.54, 1.807) is 18.2 Å². The van der Waals surface area contributed by atoms with Gasteiger partial charge in [0.05, 0.1) is 12.7 Å². The summed E-state index contributed by atoms with van der Waals surface area (Å²) in [6.45, 7) is -0.327. The first kappa shape index (κ1) is 34.2. The Labute approximate surface area is 276 Å². The monoisotopic (exact) mass is 681 g/mol. The molecular weight excluding hydrogens is 653 g/mol. The topological polar surface area (TPSA) is 90.2 Å². The number of aromatic nitrogens is 4. The van der Waals surface area contributed by atoms with E-state index in [1.165, 1.54) is 90.4 Å². The summed E-state index contributed by atoms with van der Waals surface area (Å²) in [7, 11) is 2.93. The first-order chi connectivity index (χ1) is 22.9. The summed E-state index contributed by atoms with van der Waals surface area (Å²) in [4.78, 5) is 40.1. The molecule has 0 aliphatic heterocycles. The smallest absolute Gasteiger partial charge is 0.416 e. The van der Waals surface area contributed by atoms with Crippen molar-refractivity contribution in [3.05, 3.63) is 135 Å². The molecule has 0 aliphatic carbocycles. The number of benzene rings is 3. The van der Waals surface area contributed by atoms with Gasteiger partial charge in [0.1, 0.15) is 18.2 Å². The number of hydrogen-bond acceptors (Lipinski definition) is 7. The second kappa shape index (κ2) is 14.8. The minimum atomic E-state index is -4.48. The highest BCUT2D eigenvalue weighted by Gasteiger charge is 2.30. The van der Waals surface area contributed by atoms with E-state index in [-0.39, 0.29) is 47.6 Å². The first-order valence-electron chi connectivity index (χ1n) is 14.4. The largest absolute Gasteiger partial charge is 0.467 e. The van der Waals surface area contributed by atoms with Crippen molar-refractivity contribution >= 4 is 17.7 Å². The van der Waals surface area contributed by atoms with E-state index in [4.69, 9.17) is 4.74 Å². The molecule has 248 valence electrons. The molecule has 5 rings (SSSR count). The number of rotatable bonds is 11. The van der Waals surface area contributed by atoms with E-state index in [9.17, 15) is 27.2 Å². The third-order valence-electron chi connectivity index (χ3n) is 7.31. The van der Waals surface area contributed by atoms with Crippen molar-refractivity contribution in [3.63, 3.8) is 0 Å². The molecule has 0 spiro atoms. The Balaban J connectivity index is 1.34. The molecule has 0 radical (unpaired) electrons. The number of alkyl halides is 3. The van der Waals surface area contributed by atoms with Crippen LogP contribution >= 0.6 is 11.8 Å². The fourth-order valence-corrected chi connectivity index (χ4v) is 5.59. The Morgan fingerprint density at radius 2 is 1.58 bits per heavy atom. The number of carbonyl (C=O) groups is 1. The maximum absolute atomic E-state index is 15.1. The summed E-state index contributed by atoms with van der Waals surface area (Å²) in [6, 6.07) is 14.7. The third-order valence-corrected chi connectivity index (χ3v) is 8.37. The lowest BCUT2D eigenvalue weighted by molar-refractivity contribution is -0.137. The molecule has 0 N–H and O–H groups in total. The molecule has 0 atom stereocenters. The van der Waals surface area contributed by atoms with Crippen LogP contribution in [0.3, 0.4) is 0 Å². The summed E-state index contributed by atoms with van der Waals surface area (Å²) >= 11 is 1.20. The van der Waals surface area contributed by atoms with Gasteiger partial charge in [-0.15, -0.1) is 0 Å². The number of hydrogen-bond donors (Lipinski definition) is 0. The Bertz CT molecular complexity index is 1950. The Morgan fingerprint density at radius 1 is 0.917 bits per heavy atom. The summed E-state index contributed by atoms with van der Waals surface area (Å²) in [5, 5.41) is 0.257. The third kappa shape index (κ3) is 8.62. The number of ether oxygens (including phenoxy) is 1. The van der Waals surface area contributed by atoms with Crippen molar-refractivity contribution in [1.29, 1.82) is 0 Å². The number of amides is 1. The highest BCUT2D eigenvalue weighted by Crippen LogP contribution is 2.31. The maximum atomic E-state index is 15.1. The van der Waals surface area contributed by atoms with E-state index >= 15 is 4.39 Å². The predicted molar refractivity (Wildman–Crippen MR) is 169 cm³/mol. The van der Waals surface area contributed by atoms with Crippen LogP contribution in [-0.4, -0.2) is 44.5 Å². The second-order valence-corrected chi connectivity index (χ2v) is 11.7. The quantitative estimate of drug-likeness (QED) is 0.0888. The van der Waals surface area contributed by atoms with Crippen LogP contribution in [0, 0.1) is 11.6 Å². The zero-order chi connectivity index (χ0) is 34.4. The van der Waals surface area contributed by atoms with Crippen LogP contribution in [0.5, 0.6) is 6.01 Å². The van der Waals surface area contributed by atoms with Crippen LogP contribution in [0.2, 0.25) is 0 Å². The zero-order valence-corrected chi connectivity index (χ0v) is 26.5. The van der Waals surface area contributed by atoms with Crippen molar-refractivity contribution in [2.75, 3.05) is 14.2 Å². The molecule has 0 saturated carbocycles. The zero-order valence-electron chi connectivity index (χ0n) is 25.7. The van der Waals surface area contributed by atoms with E-state index in [2.05, 4.69) is 15.0 Å². The number of likely N-dealkylation sites (N-methyl/N-ethyl adjacent to an activating group) is 1. The van der Waals surface area contributed by atoms with Crippen LogP contribution in [0.15, 0.2) is 95.3 Å². The van der Waals surface area contributed by atoms with Gasteiger partial charge < -0.3 is 14.2 Å². The molecule has 0 fully saturated rings. The molecule has 2 aromatic heterocycles. The van der Waals surface area contributed by atoms with Gasteiger partial charge in [-0.3, -0.25) is 9.59 Å². The van der Waals surface area contributed by atoms with Gasteiger partial charge in [-0.2, -0.15) is 18.2 Å². The number of thioether (sulfide) groups is 1. The minimum Gasteiger partial charge on any atom is -0.467 e. The number of nitrogens with zero attached hydrogens (tertiary/aromatic N) is 5. The SMILES string of the molecule is COc1ncc(Cc2cn(CC(=O)N(C)Cc3ccc(-c4ccc(C(F)(F)F)cc4)cc3F)c(SCc3ccc(F)cc3)nc2=O)cn1. The summed E-state index contributed by atoms with van der Waals surface area (Å²) in [5.74, 6) is -1.07. The average Bonchev–Trinajstić information content (AvgIpc) is 3.07. The normalized spacial score (nSPS) is 11.4. The van der Waals surface area contributed by atoms with Gasteiger partial charge >= 0.3 is 12.2 Å².